The zero-order valence-corrected chi connectivity index (χ0v) is 20.2. The number of nitrogens with zero attached hydrogens (tertiary/aromatic N) is 5. The SMILES string of the molecule is COc1ccc(S(=O)(=O)N2CCN(c3ccc(N4CCC(C)CC4)nn3)CC2)c(C)c1C. The fourth-order valence-corrected chi connectivity index (χ4v) is 6.16. The highest BCUT2D eigenvalue weighted by Crippen LogP contribution is 2.29. The number of hydrogen-bond acceptors (Lipinski definition) is 7. The van der Waals surface area contributed by atoms with Crippen LogP contribution in [0.2, 0.25) is 0 Å². The van der Waals surface area contributed by atoms with E-state index in [1.165, 1.54) is 12.8 Å². The number of hydrogen-bond donors (Lipinski definition) is 0. The van der Waals surface area contributed by atoms with Gasteiger partial charge in [0.15, 0.2) is 11.6 Å². The smallest absolute Gasteiger partial charge is 0.243 e. The molecule has 2 aliphatic heterocycles. The predicted octanol–water partition coefficient (Wildman–Crippen LogP) is 2.85. The summed E-state index contributed by atoms with van der Waals surface area (Å²) in [5, 5.41) is 8.89. The van der Waals surface area contributed by atoms with Crippen molar-refractivity contribution in [3.05, 3.63) is 35.4 Å². The first-order valence-corrected chi connectivity index (χ1v) is 12.7. The first-order chi connectivity index (χ1) is 15.3. The fourth-order valence-electron chi connectivity index (χ4n) is 4.46. The van der Waals surface area contributed by atoms with E-state index in [1.807, 2.05) is 26.0 Å². The van der Waals surface area contributed by atoms with Crippen LogP contribution >= 0.6 is 0 Å². The summed E-state index contributed by atoms with van der Waals surface area (Å²) < 4.78 is 33.4. The van der Waals surface area contributed by atoms with Crippen LogP contribution in [-0.4, -0.2) is 69.3 Å². The lowest BCUT2D eigenvalue weighted by Gasteiger charge is -2.35. The Bertz CT molecular complexity index is 1040. The van der Waals surface area contributed by atoms with Crippen LogP contribution in [0.4, 0.5) is 11.6 Å². The van der Waals surface area contributed by atoms with Gasteiger partial charge >= 0.3 is 0 Å². The number of methoxy groups -OCH3 is 1. The van der Waals surface area contributed by atoms with E-state index in [2.05, 4.69) is 26.9 Å². The minimum absolute atomic E-state index is 0.351. The van der Waals surface area contributed by atoms with Gasteiger partial charge in [-0.1, -0.05) is 6.92 Å². The Balaban J connectivity index is 1.41. The molecule has 0 bridgehead atoms. The van der Waals surface area contributed by atoms with Gasteiger partial charge in [0, 0.05) is 39.3 Å². The van der Waals surface area contributed by atoms with Crippen LogP contribution in [0.5, 0.6) is 5.75 Å². The molecule has 9 heteroatoms. The molecule has 174 valence electrons. The van der Waals surface area contributed by atoms with E-state index >= 15 is 0 Å². The molecule has 0 radical (unpaired) electrons. The molecule has 2 aliphatic rings. The third-order valence-corrected chi connectivity index (χ3v) is 8.88. The average molecular weight is 460 g/mol. The van der Waals surface area contributed by atoms with Gasteiger partial charge in [0.2, 0.25) is 10.0 Å². The normalized spacial score (nSPS) is 18.8. The number of anilines is 2. The third-order valence-electron chi connectivity index (χ3n) is 6.83. The molecule has 3 heterocycles. The molecule has 0 saturated carbocycles. The molecule has 0 N–H and O–H groups in total. The summed E-state index contributed by atoms with van der Waals surface area (Å²) in [4.78, 5) is 4.75. The predicted molar refractivity (Wildman–Crippen MR) is 126 cm³/mol. The van der Waals surface area contributed by atoms with Gasteiger partial charge in [0.25, 0.3) is 0 Å². The second-order valence-corrected chi connectivity index (χ2v) is 10.7. The highest BCUT2D eigenvalue weighted by atomic mass is 32.2. The Morgan fingerprint density at radius 3 is 1.94 bits per heavy atom. The molecular formula is C23H33N5O3S. The molecule has 2 fully saturated rings. The number of aromatic nitrogens is 2. The number of rotatable bonds is 5. The van der Waals surface area contributed by atoms with E-state index in [1.54, 1.807) is 23.5 Å². The standard InChI is InChI=1S/C23H33N5O3S/c1-17-9-11-26(12-10-17)22-7-8-23(25-24-22)27-13-15-28(16-14-27)32(29,30)21-6-5-20(31-4)18(2)19(21)3/h5-8,17H,9-16H2,1-4H3. The maximum atomic E-state index is 13.3. The van der Waals surface area contributed by atoms with Crippen LogP contribution in [0, 0.1) is 19.8 Å². The number of benzene rings is 1. The molecule has 1 aromatic carbocycles. The van der Waals surface area contributed by atoms with Crippen LogP contribution in [0.25, 0.3) is 0 Å². The molecule has 2 aromatic rings. The van der Waals surface area contributed by atoms with Crippen molar-refractivity contribution in [2.24, 2.45) is 5.92 Å². The van der Waals surface area contributed by atoms with E-state index in [0.717, 1.165) is 41.8 Å². The zero-order valence-electron chi connectivity index (χ0n) is 19.4. The summed E-state index contributed by atoms with van der Waals surface area (Å²) in [6.07, 6.45) is 2.38. The first-order valence-electron chi connectivity index (χ1n) is 11.3. The summed E-state index contributed by atoms with van der Waals surface area (Å²) in [7, 11) is -1.97. The lowest BCUT2D eigenvalue weighted by Crippen LogP contribution is -2.49. The van der Waals surface area contributed by atoms with Crippen molar-refractivity contribution in [1.82, 2.24) is 14.5 Å². The van der Waals surface area contributed by atoms with Crippen molar-refractivity contribution in [2.75, 3.05) is 56.2 Å². The highest BCUT2D eigenvalue weighted by Gasteiger charge is 2.31. The van der Waals surface area contributed by atoms with Crippen LogP contribution < -0.4 is 14.5 Å². The van der Waals surface area contributed by atoms with Crippen molar-refractivity contribution in [1.29, 1.82) is 0 Å². The molecule has 0 unspecified atom stereocenters. The van der Waals surface area contributed by atoms with Gasteiger partial charge in [-0.15, -0.1) is 10.2 Å². The zero-order chi connectivity index (χ0) is 22.9. The van der Waals surface area contributed by atoms with Crippen LogP contribution in [0.1, 0.15) is 30.9 Å². The van der Waals surface area contributed by atoms with E-state index in [-0.39, 0.29) is 0 Å². The van der Waals surface area contributed by atoms with Gasteiger partial charge in [0.1, 0.15) is 5.75 Å². The van der Waals surface area contributed by atoms with Gasteiger partial charge in [-0.2, -0.15) is 4.31 Å². The average Bonchev–Trinajstić information content (AvgIpc) is 2.81. The summed E-state index contributed by atoms with van der Waals surface area (Å²) in [6.45, 7) is 10.1. The van der Waals surface area contributed by atoms with E-state index < -0.39 is 10.0 Å². The summed E-state index contributed by atoms with van der Waals surface area (Å²) in [5.41, 5.74) is 1.59. The minimum Gasteiger partial charge on any atom is -0.496 e. The Hall–Kier alpha value is -2.39. The van der Waals surface area contributed by atoms with Gasteiger partial charge < -0.3 is 14.5 Å². The fraction of sp³-hybridized carbons (Fsp3) is 0.565. The summed E-state index contributed by atoms with van der Waals surface area (Å²) in [6, 6.07) is 7.41. The Morgan fingerprint density at radius 1 is 0.844 bits per heavy atom. The molecule has 4 rings (SSSR count). The number of ether oxygens (including phenoxy) is 1. The summed E-state index contributed by atoms with van der Waals surface area (Å²) in [5.74, 6) is 3.20. The quantitative estimate of drug-likeness (QED) is 0.680. The molecule has 0 spiro atoms. The van der Waals surface area contributed by atoms with Gasteiger partial charge in [-0.25, -0.2) is 8.42 Å². The van der Waals surface area contributed by atoms with Gasteiger partial charge in [0.05, 0.1) is 12.0 Å². The van der Waals surface area contributed by atoms with Crippen molar-refractivity contribution in [2.45, 2.75) is 38.5 Å². The second-order valence-electron chi connectivity index (χ2n) is 8.83. The van der Waals surface area contributed by atoms with Crippen LogP contribution in [-0.2, 0) is 10.0 Å². The molecule has 1 aromatic heterocycles. The second kappa shape index (κ2) is 9.23. The van der Waals surface area contributed by atoms with Crippen molar-refractivity contribution in [3.8, 4) is 5.75 Å². The number of piperidine rings is 1. The van der Waals surface area contributed by atoms with Crippen molar-refractivity contribution in [3.63, 3.8) is 0 Å². The first kappa shape index (κ1) is 22.8. The largest absolute Gasteiger partial charge is 0.496 e. The van der Waals surface area contributed by atoms with E-state index in [0.29, 0.717) is 36.8 Å². The Kier molecular flexibility index (Phi) is 6.57. The Labute approximate surface area is 191 Å². The lowest BCUT2D eigenvalue weighted by atomic mass is 9.99. The maximum Gasteiger partial charge on any atom is 0.243 e. The highest BCUT2D eigenvalue weighted by molar-refractivity contribution is 7.89. The Morgan fingerprint density at radius 2 is 1.41 bits per heavy atom. The molecular weight excluding hydrogens is 426 g/mol. The monoisotopic (exact) mass is 459 g/mol. The number of piperazine rings is 1. The molecule has 2 saturated heterocycles. The van der Waals surface area contributed by atoms with E-state index in [4.69, 9.17) is 4.74 Å². The summed E-state index contributed by atoms with van der Waals surface area (Å²) >= 11 is 0. The minimum atomic E-state index is -3.56. The molecule has 0 amide bonds. The van der Waals surface area contributed by atoms with Gasteiger partial charge in [-0.05, 0) is 68.0 Å². The maximum absolute atomic E-state index is 13.3. The van der Waals surface area contributed by atoms with Crippen LogP contribution in [0.3, 0.4) is 0 Å². The molecule has 0 aliphatic carbocycles. The molecule has 32 heavy (non-hydrogen) atoms. The molecule has 0 atom stereocenters. The molecule has 8 nitrogen and oxygen atoms in total. The third kappa shape index (κ3) is 4.41. The lowest BCUT2D eigenvalue weighted by molar-refractivity contribution is 0.382. The van der Waals surface area contributed by atoms with Gasteiger partial charge in [-0.3, -0.25) is 0 Å². The van der Waals surface area contributed by atoms with Crippen molar-refractivity contribution < 1.29 is 13.2 Å². The number of sulfonamides is 1. The van der Waals surface area contributed by atoms with Crippen LogP contribution in [0.15, 0.2) is 29.2 Å². The van der Waals surface area contributed by atoms with E-state index in [9.17, 15) is 8.42 Å². The van der Waals surface area contributed by atoms with Crippen molar-refractivity contribution >= 4 is 21.7 Å². The topological polar surface area (TPSA) is 78.9 Å².